The molecule has 0 amide bonds. The normalized spacial score (nSPS) is 12.8. The Morgan fingerprint density at radius 3 is 2.79 bits per heavy atom. The zero-order valence-electron chi connectivity index (χ0n) is 9.68. The second-order valence-electron chi connectivity index (χ2n) is 4.13. The standard InChI is InChI=1S/C14H9BrClNO2/c15-9-1-3-11(17-7-9)14(18)13-6-8-5-10(16)2-4-12(8)19-13/h1-7,14,18H. The van der Waals surface area contributed by atoms with Crippen LogP contribution in [0.3, 0.4) is 0 Å². The number of rotatable bonds is 2. The molecular formula is C14H9BrClNO2. The SMILES string of the molecule is OC(c1ccc(Br)cn1)c1cc2cc(Cl)ccc2o1. The molecule has 1 atom stereocenters. The molecule has 0 aliphatic rings. The highest BCUT2D eigenvalue weighted by Crippen LogP contribution is 2.29. The number of hydrogen-bond acceptors (Lipinski definition) is 3. The number of halogens is 2. The molecule has 5 heteroatoms. The molecular weight excluding hydrogens is 330 g/mol. The van der Waals surface area contributed by atoms with Crippen molar-refractivity contribution in [2.75, 3.05) is 0 Å². The van der Waals surface area contributed by atoms with Crippen LogP contribution in [0.15, 0.2) is 51.5 Å². The Morgan fingerprint density at radius 1 is 1.21 bits per heavy atom. The minimum absolute atomic E-state index is 0.451. The van der Waals surface area contributed by atoms with Gasteiger partial charge in [-0.25, -0.2) is 0 Å². The van der Waals surface area contributed by atoms with E-state index in [4.69, 9.17) is 16.0 Å². The molecule has 1 N–H and O–H groups in total. The third-order valence-electron chi connectivity index (χ3n) is 2.80. The molecule has 3 rings (SSSR count). The summed E-state index contributed by atoms with van der Waals surface area (Å²) in [6.07, 6.45) is 0.747. The molecule has 1 aromatic carbocycles. The van der Waals surface area contributed by atoms with Crippen molar-refractivity contribution in [3.05, 3.63) is 63.5 Å². The van der Waals surface area contributed by atoms with Crippen molar-refractivity contribution in [3.63, 3.8) is 0 Å². The second kappa shape index (κ2) is 4.96. The van der Waals surface area contributed by atoms with Gasteiger partial charge in [-0.1, -0.05) is 11.6 Å². The van der Waals surface area contributed by atoms with E-state index in [1.165, 1.54) is 0 Å². The van der Waals surface area contributed by atoms with Gasteiger partial charge in [0.15, 0.2) is 6.10 Å². The summed E-state index contributed by atoms with van der Waals surface area (Å²) in [6.45, 7) is 0. The van der Waals surface area contributed by atoms with Gasteiger partial charge in [0.1, 0.15) is 11.3 Å². The van der Waals surface area contributed by atoms with Crippen LogP contribution in [0, 0.1) is 0 Å². The van der Waals surface area contributed by atoms with Gasteiger partial charge >= 0.3 is 0 Å². The number of hydrogen-bond donors (Lipinski definition) is 1. The first-order chi connectivity index (χ1) is 9.13. The fourth-order valence-electron chi connectivity index (χ4n) is 1.86. The van der Waals surface area contributed by atoms with Crippen LogP contribution in [-0.2, 0) is 0 Å². The molecule has 3 nitrogen and oxygen atoms in total. The van der Waals surface area contributed by atoms with E-state index in [1.54, 1.807) is 36.5 Å². The number of aliphatic hydroxyl groups excluding tert-OH is 1. The first kappa shape index (κ1) is 12.7. The predicted octanol–water partition coefficient (Wildman–Crippen LogP) is 4.33. The zero-order valence-corrected chi connectivity index (χ0v) is 12.0. The molecule has 0 aliphatic carbocycles. The average molecular weight is 339 g/mol. The maximum absolute atomic E-state index is 10.2. The van der Waals surface area contributed by atoms with Crippen molar-refractivity contribution in [3.8, 4) is 0 Å². The van der Waals surface area contributed by atoms with Gasteiger partial charge in [0, 0.05) is 21.1 Å². The van der Waals surface area contributed by atoms with E-state index in [0.717, 1.165) is 9.86 Å². The molecule has 0 saturated carbocycles. The Labute approximate surface area is 123 Å². The van der Waals surface area contributed by atoms with Crippen molar-refractivity contribution >= 4 is 38.5 Å². The number of furan rings is 1. The van der Waals surface area contributed by atoms with Gasteiger partial charge in [-0.05, 0) is 52.3 Å². The van der Waals surface area contributed by atoms with Crippen molar-refractivity contribution in [1.82, 2.24) is 4.98 Å². The molecule has 0 radical (unpaired) electrons. The molecule has 1 unspecified atom stereocenters. The summed E-state index contributed by atoms with van der Waals surface area (Å²) in [7, 11) is 0. The molecule has 96 valence electrons. The van der Waals surface area contributed by atoms with E-state index in [-0.39, 0.29) is 0 Å². The first-order valence-electron chi connectivity index (χ1n) is 5.62. The van der Waals surface area contributed by atoms with Crippen LogP contribution in [0.5, 0.6) is 0 Å². The van der Waals surface area contributed by atoms with Crippen LogP contribution in [-0.4, -0.2) is 10.1 Å². The van der Waals surface area contributed by atoms with E-state index in [1.807, 2.05) is 6.07 Å². The van der Waals surface area contributed by atoms with E-state index >= 15 is 0 Å². The first-order valence-corrected chi connectivity index (χ1v) is 6.79. The Morgan fingerprint density at radius 2 is 2.05 bits per heavy atom. The topological polar surface area (TPSA) is 46.3 Å². The molecule has 2 heterocycles. The minimum Gasteiger partial charge on any atom is -0.458 e. The van der Waals surface area contributed by atoms with Crippen molar-refractivity contribution < 1.29 is 9.52 Å². The van der Waals surface area contributed by atoms with Crippen LogP contribution in [0.4, 0.5) is 0 Å². The number of fused-ring (bicyclic) bond motifs is 1. The Bertz CT molecular complexity index is 724. The lowest BCUT2D eigenvalue weighted by Crippen LogP contribution is -2.00. The summed E-state index contributed by atoms with van der Waals surface area (Å²) in [5, 5.41) is 11.7. The Balaban J connectivity index is 2.01. The van der Waals surface area contributed by atoms with E-state index in [9.17, 15) is 5.11 Å². The molecule has 0 aliphatic heterocycles. The molecule has 0 saturated heterocycles. The Hall–Kier alpha value is -1.36. The third kappa shape index (κ3) is 2.52. The third-order valence-corrected chi connectivity index (χ3v) is 3.50. The minimum atomic E-state index is -0.890. The summed E-state index contributed by atoms with van der Waals surface area (Å²) in [5.41, 5.74) is 1.23. The van der Waals surface area contributed by atoms with Crippen molar-refractivity contribution in [2.45, 2.75) is 6.10 Å². The van der Waals surface area contributed by atoms with E-state index in [2.05, 4.69) is 20.9 Å². The van der Waals surface area contributed by atoms with Crippen LogP contribution >= 0.6 is 27.5 Å². The van der Waals surface area contributed by atoms with Gasteiger partial charge in [-0.3, -0.25) is 4.98 Å². The molecule has 0 spiro atoms. The molecule has 0 fully saturated rings. The van der Waals surface area contributed by atoms with Gasteiger partial charge in [-0.15, -0.1) is 0 Å². The summed E-state index contributed by atoms with van der Waals surface area (Å²) in [6, 6.07) is 10.7. The van der Waals surface area contributed by atoms with Gasteiger partial charge in [0.2, 0.25) is 0 Å². The lowest BCUT2D eigenvalue weighted by Gasteiger charge is -2.06. The highest BCUT2D eigenvalue weighted by molar-refractivity contribution is 9.10. The smallest absolute Gasteiger partial charge is 0.153 e. The fourth-order valence-corrected chi connectivity index (χ4v) is 2.28. The fraction of sp³-hybridized carbons (Fsp3) is 0.0714. The number of pyridine rings is 1. The van der Waals surface area contributed by atoms with E-state index < -0.39 is 6.10 Å². The van der Waals surface area contributed by atoms with Crippen molar-refractivity contribution in [1.29, 1.82) is 0 Å². The second-order valence-corrected chi connectivity index (χ2v) is 5.49. The summed E-state index contributed by atoms with van der Waals surface area (Å²) in [5.74, 6) is 0.451. The van der Waals surface area contributed by atoms with Crippen LogP contribution in [0.25, 0.3) is 11.0 Å². The monoisotopic (exact) mass is 337 g/mol. The molecule has 2 aromatic heterocycles. The maximum Gasteiger partial charge on any atom is 0.153 e. The highest BCUT2D eigenvalue weighted by Gasteiger charge is 2.16. The predicted molar refractivity (Wildman–Crippen MR) is 77.2 cm³/mol. The number of aliphatic hydroxyl groups is 1. The van der Waals surface area contributed by atoms with Gasteiger partial charge < -0.3 is 9.52 Å². The van der Waals surface area contributed by atoms with Crippen LogP contribution in [0.1, 0.15) is 17.6 Å². The quantitative estimate of drug-likeness (QED) is 0.756. The average Bonchev–Trinajstić information content (AvgIpc) is 2.81. The van der Waals surface area contributed by atoms with Gasteiger partial charge in [-0.2, -0.15) is 0 Å². The number of benzene rings is 1. The summed E-state index contributed by atoms with van der Waals surface area (Å²) in [4.78, 5) is 4.16. The largest absolute Gasteiger partial charge is 0.458 e. The van der Waals surface area contributed by atoms with Crippen molar-refractivity contribution in [2.24, 2.45) is 0 Å². The molecule has 0 bridgehead atoms. The lowest BCUT2D eigenvalue weighted by molar-refractivity contribution is 0.187. The number of aromatic nitrogens is 1. The molecule has 3 aromatic rings. The van der Waals surface area contributed by atoms with E-state index in [0.29, 0.717) is 22.1 Å². The lowest BCUT2D eigenvalue weighted by atomic mass is 10.1. The van der Waals surface area contributed by atoms with Gasteiger partial charge in [0.05, 0.1) is 5.69 Å². The van der Waals surface area contributed by atoms with Crippen LogP contribution < -0.4 is 0 Å². The maximum atomic E-state index is 10.2. The number of nitrogens with zero attached hydrogens (tertiary/aromatic N) is 1. The highest BCUT2D eigenvalue weighted by atomic mass is 79.9. The Kier molecular flexibility index (Phi) is 3.31. The zero-order chi connectivity index (χ0) is 13.4. The van der Waals surface area contributed by atoms with Gasteiger partial charge in [0.25, 0.3) is 0 Å². The molecule has 19 heavy (non-hydrogen) atoms. The summed E-state index contributed by atoms with van der Waals surface area (Å²) < 4.78 is 6.47. The van der Waals surface area contributed by atoms with Crippen LogP contribution in [0.2, 0.25) is 5.02 Å². The summed E-state index contributed by atoms with van der Waals surface area (Å²) >= 11 is 9.22.